The minimum absolute atomic E-state index is 0.00407. The lowest BCUT2D eigenvalue weighted by Crippen LogP contribution is -2.50. The topological polar surface area (TPSA) is 57.7 Å². The number of nitrogens with zero attached hydrogens (tertiary/aromatic N) is 2. The van der Waals surface area contributed by atoms with Crippen LogP contribution >= 0.6 is 11.3 Å². The van der Waals surface area contributed by atoms with Crippen LogP contribution in [0.2, 0.25) is 0 Å². The highest BCUT2D eigenvalue weighted by Gasteiger charge is 2.36. The highest BCUT2D eigenvalue weighted by atomic mass is 32.2. The molecular formula is C20H23FN2O3S2. The van der Waals surface area contributed by atoms with Gasteiger partial charge in [0, 0.05) is 42.5 Å². The van der Waals surface area contributed by atoms with Gasteiger partial charge in [0.05, 0.1) is 17.4 Å². The number of sulfone groups is 1. The normalized spacial score (nSPS) is 22.5. The standard InChI is InChI=1S/C20H23FN2O3S2/c21-17-3-1-2-15(12-17)19-5-4-18(27-19)13-22-7-9-23(10-8-22)20(24)16-6-11-28(25,26)14-16/h1-5,12,16H,6-11,13-14H2/t16-/m0/s1. The van der Waals surface area contributed by atoms with Gasteiger partial charge in [-0.3, -0.25) is 9.69 Å². The molecule has 5 nitrogen and oxygen atoms in total. The Bertz CT molecular complexity index is 965. The summed E-state index contributed by atoms with van der Waals surface area (Å²) in [5.41, 5.74) is 0.887. The fourth-order valence-corrected chi connectivity index (χ4v) is 6.63. The van der Waals surface area contributed by atoms with E-state index in [2.05, 4.69) is 11.0 Å². The minimum atomic E-state index is -3.03. The number of benzene rings is 1. The summed E-state index contributed by atoms with van der Waals surface area (Å²) in [7, 11) is -3.03. The van der Waals surface area contributed by atoms with Gasteiger partial charge in [0.15, 0.2) is 9.84 Å². The zero-order valence-electron chi connectivity index (χ0n) is 15.5. The van der Waals surface area contributed by atoms with Crippen LogP contribution in [0.1, 0.15) is 11.3 Å². The van der Waals surface area contributed by atoms with Gasteiger partial charge < -0.3 is 4.90 Å². The van der Waals surface area contributed by atoms with Crippen LogP contribution < -0.4 is 0 Å². The van der Waals surface area contributed by atoms with E-state index in [4.69, 9.17) is 0 Å². The van der Waals surface area contributed by atoms with E-state index in [0.29, 0.717) is 19.5 Å². The monoisotopic (exact) mass is 422 g/mol. The van der Waals surface area contributed by atoms with Crippen molar-refractivity contribution in [1.29, 1.82) is 0 Å². The lowest BCUT2D eigenvalue weighted by molar-refractivity contribution is -0.136. The van der Waals surface area contributed by atoms with Gasteiger partial charge in [-0.1, -0.05) is 12.1 Å². The van der Waals surface area contributed by atoms with Crippen LogP contribution in [0.3, 0.4) is 0 Å². The Hall–Kier alpha value is -1.77. The predicted molar refractivity (Wildman–Crippen MR) is 108 cm³/mol. The molecule has 2 saturated heterocycles. The van der Waals surface area contributed by atoms with Crippen LogP contribution in [-0.2, 0) is 21.2 Å². The van der Waals surface area contributed by atoms with Gasteiger partial charge in [-0.2, -0.15) is 0 Å². The SMILES string of the molecule is O=C([C@H]1CCS(=O)(=O)C1)N1CCN(Cc2ccc(-c3cccc(F)c3)s2)CC1. The molecule has 2 aliphatic heterocycles. The Morgan fingerprint density at radius 1 is 1.14 bits per heavy atom. The van der Waals surface area contributed by atoms with E-state index in [1.54, 1.807) is 23.5 Å². The Kier molecular flexibility index (Phi) is 5.53. The zero-order chi connectivity index (χ0) is 19.7. The van der Waals surface area contributed by atoms with E-state index >= 15 is 0 Å². The second-order valence-corrected chi connectivity index (χ2v) is 10.9. The molecule has 2 fully saturated rings. The molecule has 8 heteroatoms. The summed E-state index contributed by atoms with van der Waals surface area (Å²) in [5.74, 6) is -0.462. The van der Waals surface area contributed by atoms with Gasteiger partial charge in [0.2, 0.25) is 5.91 Å². The molecule has 1 aromatic heterocycles. The second-order valence-electron chi connectivity index (χ2n) is 7.48. The van der Waals surface area contributed by atoms with Gasteiger partial charge >= 0.3 is 0 Å². The molecule has 2 aliphatic rings. The van der Waals surface area contributed by atoms with Crippen molar-refractivity contribution in [3.05, 3.63) is 47.1 Å². The molecule has 0 unspecified atom stereocenters. The molecule has 0 N–H and O–H groups in total. The second kappa shape index (κ2) is 7.93. The molecule has 0 spiro atoms. The number of thiophene rings is 1. The fraction of sp³-hybridized carbons (Fsp3) is 0.450. The molecular weight excluding hydrogens is 399 g/mol. The number of halogens is 1. The molecule has 4 rings (SSSR count). The molecule has 0 radical (unpaired) electrons. The largest absolute Gasteiger partial charge is 0.340 e. The molecule has 0 saturated carbocycles. The summed E-state index contributed by atoms with van der Waals surface area (Å²) >= 11 is 1.66. The summed E-state index contributed by atoms with van der Waals surface area (Å²) in [6.45, 7) is 3.63. The quantitative estimate of drug-likeness (QED) is 0.760. The van der Waals surface area contributed by atoms with Gasteiger partial charge in [0.25, 0.3) is 0 Å². The van der Waals surface area contributed by atoms with Crippen LogP contribution in [-0.4, -0.2) is 61.8 Å². The first kappa shape index (κ1) is 19.5. The number of hydrogen-bond donors (Lipinski definition) is 0. The van der Waals surface area contributed by atoms with Crippen LogP contribution in [0.4, 0.5) is 4.39 Å². The smallest absolute Gasteiger partial charge is 0.226 e. The molecule has 0 bridgehead atoms. The minimum Gasteiger partial charge on any atom is -0.340 e. The third-order valence-electron chi connectivity index (χ3n) is 5.42. The van der Waals surface area contributed by atoms with Crippen molar-refractivity contribution in [1.82, 2.24) is 9.80 Å². The van der Waals surface area contributed by atoms with Crippen molar-refractivity contribution in [2.24, 2.45) is 5.92 Å². The molecule has 150 valence electrons. The van der Waals surface area contributed by atoms with Gasteiger partial charge in [0.1, 0.15) is 5.82 Å². The summed E-state index contributed by atoms with van der Waals surface area (Å²) in [5, 5.41) is 0. The number of carbonyl (C=O) groups is 1. The summed E-state index contributed by atoms with van der Waals surface area (Å²) in [4.78, 5) is 18.9. The fourth-order valence-electron chi connectivity index (χ4n) is 3.85. The van der Waals surface area contributed by atoms with E-state index < -0.39 is 9.84 Å². The Labute approximate surface area is 168 Å². The van der Waals surface area contributed by atoms with Crippen LogP contribution in [0, 0.1) is 11.7 Å². The van der Waals surface area contributed by atoms with E-state index in [9.17, 15) is 17.6 Å². The first-order valence-electron chi connectivity index (χ1n) is 9.46. The van der Waals surface area contributed by atoms with Crippen molar-refractivity contribution in [3.8, 4) is 10.4 Å². The Balaban J connectivity index is 1.31. The average Bonchev–Trinajstić information content (AvgIpc) is 3.28. The predicted octanol–water partition coefficient (Wildman–Crippen LogP) is 2.63. The van der Waals surface area contributed by atoms with Crippen LogP contribution in [0.15, 0.2) is 36.4 Å². The van der Waals surface area contributed by atoms with Gasteiger partial charge in [-0.05, 0) is 36.2 Å². The number of rotatable bonds is 4. The third-order valence-corrected chi connectivity index (χ3v) is 8.30. The number of carbonyl (C=O) groups excluding carboxylic acids is 1. The summed E-state index contributed by atoms with van der Waals surface area (Å²) in [6.07, 6.45) is 0.458. The van der Waals surface area contributed by atoms with E-state index in [0.717, 1.165) is 30.1 Å². The van der Waals surface area contributed by atoms with E-state index in [1.807, 2.05) is 17.0 Å². The van der Waals surface area contributed by atoms with Crippen LogP contribution in [0.25, 0.3) is 10.4 Å². The number of hydrogen-bond acceptors (Lipinski definition) is 5. The summed E-state index contributed by atoms with van der Waals surface area (Å²) in [6, 6.07) is 10.7. The van der Waals surface area contributed by atoms with Crippen molar-refractivity contribution in [2.45, 2.75) is 13.0 Å². The average molecular weight is 423 g/mol. The maximum absolute atomic E-state index is 13.4. The molecule has 1 aromatic carbocycles. The zero-order valence-corrected chi connectivity index (χ0v) is 17.1. The van der Waals surface area contributed by atoms with Crippen LogP contribution in [0.5, 0.6) is 0 Å². The van der Waals surface area contributed by atoms with Crippen molar-refractivity contribution in [2.75, 3.05) is 37.7 Å². The highest BCUT2D eigenvalue weighted by Crippen LogP contribution is 2.29. The first-order chi connectivity index (χ1) is 13.4. The molecule has 1 amide bonds. The Morgan fingerprint density at radius 3 is 2.61 bits per heavy atom. The molecule has 28 heavy (non-hydrogen) atoms. The molecule has 2 aromatic rings. The van der Waals surface area contributed by atoms with Gasteiger partial charge in [-0.15, -0.1) is 11.3 Å². The molecule has 1 atom stereocenters. The summed E-state index contributed by atoms with van der Waals surface area (Å²) < 4.78 is 36.6. The van der Waals surface area contributed by atoms with Crippen molar-refractivity contribution < 1.29 is 17.6 Å². The Morgan fingerprint density at radius 2 is 1.93 bits per heavy atom. The highest BCUT2D eigenvalue weighted by molar-refractivity contribution is 7.91. The van der Waals surface area contributed by atoms with Gasteiger partial charge in [-0.25, -0.2) is 12.8 Å². The third kappa shape index (κ3) is 4.45. The first-order valence-corrected chi connectivity index (χ1v) is 12.1. The van der Waals surface area contributed by atoms with Crippen molar-refractivity contribution in [3.63, 3.8) is 0 Å². The van der Waals surface area contributed by atoms with Crippen molar-refractivity contribution >= 4 is 27.1 Å². The lowest BCUT2D eigenvalue weighted by Gasteiger charge is -2.35. The van der Waals surface area contributed by atoms with E-state index in [1.165, 1.54) is 10.9 Å². The lowest BCUT2D eigenvalue weighted by atomic mass is 10.1. The number of piperazine rings is 1. The molecule has 3 heterocycles. The molecule has 0 aliphatic carbocycles. The maximum atomic E-state index is 13.4. The van der Waals surface area contributed by atoms with E-state index in [-0.39, 0.29) is 29.1 Å². The maximum Gasteiger partial charge on any atom is 0.226 e. The number of amides is 1.